The Labute approximate surface area is 100 Å². The van der Waals surface area contributed by atoms with Gasteiger partial charge in [0.15, 0.2) is 0 Å². The number of carbonyl (C=O) groups is 2. The summed E-state index contributed by atoms with van der Waals surface area (Å²) in [6.45, 7) is 5.82. The molecule has 0 spiro atoms. The van der Waals surface area contributed by atoms with Crippen molar-refractivity contribution in [3.63, 3.8) is 0 Å². The molecule has 1 amide bonds. The molecule has 0 unspecified atom stereocenters. The number of nitrogens with one attached hydrogen (secondary N) is 1. The largest absolute Gasteiger partial charge is 0.481 e. The van der Waals surface area contributed by atoms with Gasteiger partial charge in [-0.15, -0.1) is 0 Å². The van der Waals surface area contributed by atoms with Crippen molar-refractivity contribution in [3.05, 3.63) is 0 Å². The number of carbonyl (C=O) groups excluding carboxylic acids is 1. The summed E-state index contributed by atoms with van der Waals surface area (Å²) >= 11 is 0. The molecule has 1 aliphatic rings. The van der Waals surface area contributed by atoms with Gasteiger partial charge in [0, 0.05) is 0 Å². The fourth-order valence-corrected chi connectivity index (χ4v) is 1.58. The van der Waals surface area contributed by atoms with Crippen molar-refractivity contribution in [1.82, 2.24) is 5.32 Å². The topological polar surface area (TPSA) is 84.9 Å². The third-order valence-electron chi connectivity index (χ3n) is 2.28. The monoisotopic (exact) mass is 245 g/mol. The van der Waals surface area contributed by atoms with Gasteiger partial charge in [-0.2, -0.15) is 0 Å². The van der Waals surface area contributed by atoms with Crippen molar-refractivity contribution in [3.8, 4) is 0 Å². The van der Waals surface area contributed by atoms with E-state index in [1.165, 1.54) is 0 Å². The quantitative estimate of drug-likeness (QED) is 0.758. The fourth-order valence-electron chi connectivity index (χ4n) is 1.58. The van der Waals surface area contributed by atoms with Crippen molar-refractivity contribution in [2.45, 2.75) is 38.8 Å². The minimum absolute atomic E-state index is 0.196. The Balaban J connectivity index is 2.41. The summed E-state index contributed by atoms with van der Waals surface area (Å²) in [5.41, 5.74) is -0.564. The van der Waals surface area contributed by atoms with Crippen LogP contribution >= 0.6 is 0 Å². The van der Waals surface area contributed by atoms with E-state index in [4.69, 9.17) is 14.6 Å². The third-order valence-corrected chi connectivity index (χ3v) is 2.28. The molecule has 98 valence electrons. The maximum atomic E-state index is 11.5. The predicted molar refractivity (Wildman–Crippen MR) is 59.7 cm³/mol. The van der Waals surface area contributed by atoms with Crippen molar-refractivity contribution in [2.24, 2.45) is 5.92 Å². The van der Waals surface area contributed by atoms with Crippen molar-refractivity contribution in [2.75, 3.05) is 13.2 Å². The van der Waals surface area contributed by atoms with E-state index in [0.29, 0.717) is 13.0 Å². The molecular weight excluding hydrogens is 226 g/mol. The maximum absolute atomic E-state index is 11.5. The molecule has 2 atom stereocenters. The number of hydrogen-bond acceptors (Lipinski definition) is 4. The summed E-state index contributed by atoms with van der Waals surface area (Å²) in [4.78, 5) is 22.3. The third kappa shape index (κ3) is 5.04. The van der Waals surface area contributed by atoms with E-state index < -0.39 is 23.6 Å². The molecular formula is C11H19NO5. The van der Waals surface area contributed by atoms with Gasteiger partial charge in [0.2, 0.25) is 0 Å². The number of alkyl carbamates (subject to hydrolysis) is 1. The van der Waals surface area contributed by atoms with Crippen molar-refractivity contribution in [1.29, 1.82) is 0 Å². The van der Waals surface area contributed by atoms with Gasteiger partial charge in [-0.05, 0) is 27.2 Å². The second-order valence-corrected chi connectivity index (χ2v) is 5.15. The molecule has 0 aromatic carbocycles. The van der Waals surface area contributed by atoms with Gasteiger partial charge < -0.3 is 19.9 Å². The summed E-state index contributed by atoms with van der Waals surface area (Å²) in [6.07, 6.45) is -0.175. The van der Waals surface area contributed by atoms with E-state index in [0.717, 1.165) is 0 Å². The van der Waals surface area contributed by atoms with Crippen LogP contribution in [0.15, 0.2) is 0 Å². The fraction of sp³-hybridized carbons (Fsp3) is 0.818. The van der Waals surface area contributed by atoms with Crippen molar-refractivity contribution < 1.29 is 24.2 Å². The molecule has 6 heteroatoms. The van der Waals surface area contributed by atoms with Crippen LogP contribution in [0, 0.1) is 5.92 Å². The first-order valence-corrected chi connectivity index (χ1v) is 5.58. The maximum Gasteiger partial charge on any atom is 0.407 e. The highest BCUT2D eigenvalue weighted by atomic mass is 16.6. The van der Waals surface area contributed by atoms with Crippen LogP contribution in [0.5, 0.6) is 0 Å². The highest BCUT2D eigenvalue weighted by Crippen LogP contribution is 2.15. The molecule has 0 saturated carbocycles. The van der Waals surface area contributed by atoms with Crippen LogP contribution in [0.3, 0.4) is 0 Å². The van der Waals surface area contributed by atoms with Crippen LogP contribution in [0.1, 0.15) is 27.2 Å². The van der Waals surface area contributed by atoms with Crippen LogP contribution in [0.25, 0.3) is 0 Å². The van der Waals surface area contributed by atoms with E-state index in [-0.39, 0.29) is 12.6 Å². The van der Waals surface area contributed by atoms with Gasteiger partial charge in [0.25, 0.3) is 0 Å². The summed E-state index contributed by atoms with van der Waals surface area (Å²) in [5, 5.41) is 11.5. The van der Waals surface area contributed by atoms with E-state index >= 15 is 0 Å². The molecule has 1 fully saturated rings. The molecule has 1 saturated heterocycles. The highest BCUT2D eigenvalue weighted by molar-refractivity contribution is 5.71. The second-order valence-electron chi connectivity index (χ2n) is 5.15. The number of carboxylic acid groups (broad SMARTS) is 1. The summed E-state index contributed by atoms with van der Waals surface area (Å²) in [6, 6.07) is -0.306. The Hall–Kier alpha value is -1.30. The summed E-state index contributed by atoms with van der Waals surface area (Å²) in [5.74, 6) is -1.47. The number of hydrogen-bond donors (Lipinski definition) is 2. The molecule has 0 aromatic heterocycles. The van der Waals surface area contributed by atoms with Crippen LogP contribution in [-0.2, 0) is 14.3 Å². The Morgan fingerprint density at radius 3 is 2.53 bits per heavy atom. The van der Waals surface area contributed by atoms with Crippen LogP contribution in [0.4, 0.5) is 4.79 Å². The van der Waals surface area contributed by atoms with E-state index in [1.807, 2.05) is 0 Å². The molecule has 1 heterocycles. The SMILES string of the molecule is CC(C)(C)OC(=O)N[C@@H]1COC[C@H](C(=O)O)C1. The average molecular weight is 245 g/mol. The standard InChI is InChI=1S/C11H19NO5/c1-11(2,3)17-10(15)12-8-4-7(9(13)14)5-16-6-8/h7-8H,4-6H2,1-3H3,(H,12,15)(H,13,14)/t7-,8+/m1/s1. The predicted octanol–water partition coefficient (Wildman–Crippen LogP) is 1.00. The smallest absolute Gasteiger partial charge is 0.407 e. The number of rotatable bonds is 2. The molecule has 17 heavy (non-hydrogen) atoms. The van der Waals surface area contributed by atoms with E-state index in [9.17, 15) is 9.59 Å². The minimum Gasteiger partial charge on any atom is -0.481 e. The van der Waals surface area contributed by atoms with Gasteiger partial charge in [-0.3, -0.25) is 4.79 Å². The van der Waals surface area contributed by atoms with Gasteiger partial charge in [0.1, 0.15) is 5.60 Å². The number of ether oxygens (including phenoxy) is 2. The lowest BCUT2D eigenvalue weighted by Crippen LogP contribution is -2.46. The first kappa shape index (κ1) is 13.8. The molecule has 6 nitrogen and oxygen atoms in total. The highest BCUT2D eigenvalue weighted by Gasteiger charge is 2.29. The molecule has 0 bridgehead atoms. The van der Waals surface area contributed by atoms with Crippen LogP contribution in [0.2, 0.25) is 0 Å². The van der Waals surface area contributed by atoms with Crippen LogP contribution in [-0.4, -0.2) is 42.0 Å². The number of carboxylic acids is 1. The first-order chi connectivity index (χ1) is 7.78. The van der Waals surface area contributed by atoms with E-state index in [1.54, 1.807) is 20.8 Å². The first-order valence-electron chi connectivity index (χ1n) is 5.58. The molecule has 1 rings (SSSR count). The zero-order valence-electron chi connectivity index (χ0n) is 10.4. The Bertz CT molecular complexity index is 297. The molecule has 0 aromatic rings. The molecule has 0 radical (unpaired) electrons. The lowest BCUT2D eigenvalue weighted by molar-refractivity contribution is -0.146. The van der Waals surface area contributed by atoms with Gasteiger partial charge in [-0.25, -0.2) is 4.79 Å². The van der Waals surface area contributed by atoms with Gasteiger partial charge >= 0.3 is 12.1 Å². The van der Waals surface area contributed by atoms with Crippen LogP contribution < -0.4 is 5.32 Å². The average Bonchev–Trinajstić information content (AvgIpc) is 2.14. The van der Waals surface area contributed by atoms with E-state index in [2.05, 4.69) is 5.32 Å². The zero-order valence-corrected chi connectivity index (χ0v) is 10.4. The normalized spacial score (nSPS) is 25.1. The number of aliphatic carboxylic acids is 1. The summed E-state index contributed by atoms with van der Waals surface area (Å²) in [7, 11) is 0. The lowest BCUT2D eigenvalue weighted by Gasteiger charge is -2.28. The van der Waals surface area contributed by atoms with Crippen molar-refractivity contribution >= 4 is 12.1 Å². The van der Waals surface area contributed by atoms with Gasteiger partial charge in [0.05, 0.1) is 25.2 Å². The second kappa shape index (κ2) is 5.35. The zero-order chi connectivity index (χ0) is 13.1. The number of amides is 1. The Kier molecular flexibility index (Phi) is 4.34. The molecule has 1 aliphatic heterocycles. The minimum atomic E-state index is -0.902. The Morgan fingerprint density at radius 2 is 2.00 bits per heavy atom. The lowest BCUT2D eigenvalue weighted by atomic mass is 9.99. The van der Waals surface area contributed by atoms with Gasteiger partial charge in [-0.1, -0.05) is 0 Å². The molecule has 2 N–H and O–H groups in total. The molecule has 0 aliphatic carbocycles. The Morgan fingerprint density at radius 1 is 1.35 bits per heavy atom. The summed E-state index contributed by atoms with van der Waals surface area (Å²) < 4.78 is 10.2.